The van der Waals surface area contributed by atoms with Gasteiger partial charge in [-0.2, -0.15) is 18.3 Å². The van der Waals surface area contributed by atoms with E-state index in [0.29, 0.717) is 18.7 Å². The van der Waals surface area contributed by atoms with Gasteiger partial charge < -0.3 is 15.7 Å². The third-order valence-electron chi connectivity index (χ3n) is 4.62. The van der Waals surface area contributed by atoms with Crippen LogP contribution in [0.4, 0.5) is 19.0 Å². The second-order valence-corrected chi connectivity index (χ2v) is 7.94. The molecule has 12 heteroatoms. The van der Waals surface area contributed by atoms with E-state index in [1.54, 1.807) is 20.8 Å². The summed E-state index contributed by atoms with van der Waals surface area (Å²) in [6.45, 7) is 3.62. The minimum atomic E-state index is -4.43. The van der Waals surface area contributed by atoms with Crippen molar-refractivity contribution in [2.75, 3.05) is 11.9 Å². The Balaban J connectivity index is 1.85. The van der Waals surface area contributed by atoms with Gasteiger partial charge >= 0.3 is 6.18 Å². The molecule has 0 unspecified atom stereocenters. The molecule has 1 saturated carbocycles. The van der Waals surface area contributed by atoms with Crippen molar-refractivity contribution >= 4 is 17.2 Å². The van der Waals surface area contributed by atoms with E-state index in [4.69, 9.17) is 0 Å². The molecule has 1 aliphatic carbocycles. The van der Waals surface area contributed by atoms with Crippen LogP contribution in [0.15, 0.2) is 10.9 Å². The molecule has 1 fully saturated rings. The van der Waals surface area contributed by atoms with Crippen LogP contribution < -0.4 is 16.2 Å². The number of carbonyl (C=O) groups is 1. The maximum absolute atomic E-state index is 12.7. The van der Waals surface area contributed by atoms with Gasteiger partial charge in [0.25, 0.3) is 5.56 Å². The van der Waals surface area contributed by atoms with Gasteiger partial charge in [-0.05, 0) is 19.8 Å². The van der Waals surface area contributed by atoms with Crippen molar-refractivity contribution in [3.63, 3.8) is 0 Å². The zero-order valence-electron chi connectivity index (χ0n) is 16.2. The molecule has 2 heterocycles. The van der Waals surface area contributed by atoms with Gasteiger partial charge in [-0.15, -0.1) is 5.10 Å². The van der Waals surface area contributed by atoms with E-state index in [1.165, 1.54) is 10.6 Å². The van der Waals surface area contributed by atoms with E-state index < -0.39 is 29.8 Å². The number of nitrogens with zero attached hydrogens (tertiary/aromatic N) is 4. The monoisotopic (exact) mass is 416 g/mol. The number of aromatic nitrogens is 4. The fourth-order valence-electron chi connectivity index (χ4n) is 3.31. The first-order valence-electron chi connectivity index (χ1n) is 9.18. The lowest BCUT2D eigenvalue weighted by Crippen LogP contribution is -2.54. The molecule has 1 amide bonds. The van der Waals surface area contributed by atoms with Crippen molar-refractivity contribution < 1.29 is 23.1 Å². The van der Waals surface area contributed by atoms with Gasteiger partial charge in [0.2, 0.25) is 5.91 Å². The highest BCUT2D eigenvalue weighted by atomic mass is 19.4. The molecule has 1 aliphatic rings. The summed E-state index contributed by atoms with van der Waals surface area (Å²) in [5.74, 6) is -0.417. The van der Waals surface area contributed by atoms with Crippen LogP contribution in [0, 0.1) is 0 Å². The molecular formula is C17H23F3N6O3. The van der Waals surface area contributed by atoms with E-state index in [9.17, 15) is 27.9 Å². The molecule has 9 nitrogen and oxygen atoms in total. The van der Waals surface area contributed by atoms with E-state index >= 15 is 0 Å². The lowest BCUT2D eigenvalue weighted by Gasteiger charge is -2.41. The van der Waals surface area contributed by atoms with Gasteiger partial charge in [0.15, 0.2) is 5.82 Å². The van der Waals surface area contributed by atoms with Crippen molar-refractivity contribution in [3.05, 3.63) is 22.2 Å². The number of aliphatic hydroxyl groups is 1. The van der Waals surface area contributed by atoms with Crippen molar-refractivity contribution in [2.45, 2.75) is 63.9 Å². The second-order valence-electron chi connectivity index (χ2n) is 7.94. The van der Waals surface area contributed by atoms with Crippen LogP contribution in [0.5, 0.6) is 0 Å². The predicted octanol–water partition coefficient (Wildman–Crippen LogP) is 1.02. The van der Waals surface area contributed by atoms with Crippen LogP contribution in [0.25, 0.3) is 5.52 Å². The lowest BCUT2D eigenvalue weighted by molar-refractivity contribution is -0.125. The molecule has 3 rings (SSSR count). The SMILES string of the molecule is CC(C)c1nn(CC(=O)NC2CC(C)(O)C2)c(=O)c2cc(NCC(F)(F)F)nn12. The largest absolute Gasteiger partial charge is 0.405 e. The van der Waals surface area contributed by atoms with Crippen LogP contribution in [-0.2, 0) is 11.3 Å². The van der Waals surface area contributed by atoms with Crippen LogP contribution in [0.2, 0.25) is 0 Å². The summed E-state index contributed by atoms with van der Waals surface area (Å²) < 4.78 is 39.5. The molecule has 3 N–H and O–H groups in total. The first-order chi connectivity index (χ1) is 13.3. The third kappa shape index (κ3) is 4.86. The molecule has 0 spiro atoms. The van der Waals surface area contributed by atoms with Gasteiger partial charge in [0.1, 0.15) is 24.4 Å². The van der Waals surface area contributed by atoms with Gasteiger partial charge in [-0.1, -0.05) is 13.8 Å². The summed E-state index contributed by atoms with van der Waals surface area (Å²) >= 11 is 0. The van der Waals surface area contributed by atoms with Crippen LogP contribution in [0.1, 0.15) is 45.4 Å². The topological polar surface area (TPSA) is 114 Å². The van der Waals surface area contributed by atoms with E-state index in [2.05, 4.69) is 20.8 Å². The molecular weight excluding hydrogens is 393 g/mol. The molecule has 2 aromatic heterocycles. The Morgan fingerprint density at radius 3 is 2.59 bits per heavy atom. The maximum atomic E-state index is 12.7. The molecule has 29 heavy (non-hydrogen) atoms. The van der Waals surface area contributed by atoms with Crippen molar-refractivity contribution in [1.29, 1.82) is 0 Å². The summed E-state index contributed by atoms with van der Waals surface area (Å²) in [6.07, 6.45) is -3.58. The molecule has 0 bridgehead atoms. The maximum Gasteiger partial charge on any atom is 0.405 e. The van der Waals surface area contributed by atoms with Crippen LogP contribution >= 0.6 is 0 Å². The highest BCUT2D eigenvalue weighted by molar-refractivity contribution is 5.76. The van der Waals surface area contributed by atoms with Gasteiger partial charge in [-0.3, -0.25) is 9.59 Å². The molecule has 0 atom stereocenters. The van der Waals surface area contributed by atoms with E-state index in [-0.39, 0.29) is 29.8 Å². The number of alkyl halides is 3. The number of hydrogen-bond acceptors (Lipinski definition) is 6. The highest BCUT2D eigenvalue weighted by Crippen LogP contribution is 2.31. The molecule has 160 valence electrons. The molecule has 0 aromatic carbocycles. The minimum absolute atomic E-state index is 0.0211. The predicted molar refractivity (Wildman–Crippen MR) is 97.7 cm³/mol. The Bertz CT molecular complexity index is 971. The zero-order valence-corrected chi connectivity index (χ0v) is 16.2. The Kier molecular flexibility index (Phi) is 5.32. The number of amides is 1. The van der Waals surface area contributed by atoms with Crippen molar-refractivity contribution in [3.8, 4) is 0 Å². The number of hydrogen-bond donors (Lipinski definition) is 3. The van der Waals surface area contributed by atoms with Crippen molar-refractivity contribution in [2.24, 2.45) is 0 Å². The van der Waals surface area contributed by atoms with Gasteiger partial charge in [-0.25, -0.2) is 9.20 Å². The Hall–Kier alpha value is -2.63. The average Bonchev–Trinajstić information content (AvgIpc) is 2.97. The highest BCUT2D eigenvalue weighted by Gasteiger charge is 2.39. The Morgan fingerprint density at radius 1 is 1.38 bits per heavy atom. The summed E-state index contributed by atoms with van der Waals surface area (Å²) in [5.41, 5.74) is -1.42. The first kappa shape index (κ1) is 21.1. The number of anilines is 1. The molecule has 0 saturated heterocycles. The molecule has 0 radical (unpaired) electrons. The summed E-state index contributed by atoms with van der Waals surface area (Å²) in [6, 6.07) is 1.04. The summed E-state index contributed by atoms with van der Waals surface area (Å²) in [4.78, 5) is 25.0. The van der Waals surface area contributed by atoms with Crippen molar-refractivity contribution in [1.82, 2.24) is 24.7 Å². The zero-order chi connectivity index (χ0) is 21.6. The van der Waals surface area contributed by atoms with E-state index in [1.807, 2.05) is 0 Å². The fraction of sp³-hybridized carbons (Fsp3) is 0.647. The molecule has 0 aliphatic heterocycles. The Labute approximate surface area is 163 Å². The minimum Gasteiger partial charge on any atom is -0.390 e. The number of halogens is 3. The van der Waals surface area contributed by atoms with Crippen LogP contribution in [-0.4, -0.2) is 54.8 Å². The fourth-order valence-corrected chi connectivity index (χ4v) is 3.31. The van der Waals surface area contributed by atoms with E-state index in [0.717, 1.165) is 4.68 Å². The second kappa shape index (κ2) is 7.32. The molecule has 2 aromatic rings. The average molecular weight is 416 g/mol. The lowest BCUT2D eigenvalue weighted by atomic mass is 9.77. The number of fused-ring (bicyclic) bond motifs is 1. The third-order valence-corrected chi connectivity index (χ3v) is 4.62. The number of nitrogens with one attached hydrogen (secondary N) is 2. The number of rotatable bonds is 6. The number of carbonyl (C=O) groups excluding carboxylic acids is 1. The summed E-state index contributed by atoms with van der Waals surface area (Å²) in [7, 11) is 0. The standard InChI is InChI=1S/C17H23F3N6O3/c1-9(2)14-24-25(7-13(27)22-10-5-16(3,29)6-10)15(28)11-4-12(23-26(11)14)21-8-17(18,19)20/h4,9-10,29H,5-8H2,1-3H3,(H,21,23)(H,22,27). The smallest absolute Gasteiger partial charge is 0.390 e. The van der Waals surface area contributed by atoms with Gasteiger partial charge in [0, 0.05) is 18.0 Å². The Morgan fingerprint density at radius 2 is 2.03 bits per heavy atom. The summed E-state index contributed by atoms with van der Waals surface area (Å²) in [5, 5.41) is 22.8. The first-order valence-corrected chi connectivity index (χ1v) is 9.18. The normalized spacial score (nSPS) is 22.0. The quantitative estimate of drug-likeness (QED) is 0.648. The van der Waals surface area contributed by atoms with Crippen LogP contribution in [0.3, 0.4) is 0 Å². The van der Waals surface area contributed by atoms with Gasteiger partial charge in [0.05, 0.1) is 5.60 Å².